The van der Waals surface area contributed by atoms with Crippen LogP contribution in [0, 0.1) is 11.3 Å². The van der Waals surface area contributed by atoms with Crippen molar-refractivity contribution in [3.8, 4) is 6.07 Å². The second-order valence-electron chi connectivity index (χ2n) is 2.22. The Labute approximate surface area is 55.4 Å². The highest BCUT2D eigenvalue weighted by Gasteiger charge is 2.20. The molecular weight excluding hydrogens is 114 g/mol. The minimum atomic E-state index is -1.01. The van der Waals surface area contributed by atoms with Crippen LogP contribution in [0.4, 0.5) is 0 Å². The molecule has 0 rings (SSSR count). The molecule has 2 heteroatoms. The lowest BCUT2D eigenvalue weighted by Gasteiger charge is -2.18. The first-order valence-corrected chi connectivity index (χ1v) is 2.86. The van der Waals surface area contributed by atoms with E-state index in [1.165, 1.54) is 0 Å². The Morgan fingerprint density at radius 3 is 2.44 bits per heavy atom. The average molecular weight is 125 g/mol. The van der Waals surface area contributed by atoms with E-state index in [2.05, 4.69) is 6.58 Å². The molecule has 2 nitrogen and oxygen atoms in total. The van der Waals surface area contributed by atoms with Crippen molar-refractivity contribution in [1.29, 1.82) is 5.26 Å². The fraction of sp³-hybridized carbons (Fsp3) is 0.571. The maximum Gasteiger partial charge on any atom is 0.0971 e. The highest BCUT2D eigenvalue weighted by atomic mass is 16.3. The van der Waals surface area contributed by atoms with Crippen molar-refractivity contribution < 1.29 is 5.11 Å². The Balaban J connectivity index is 4.19. The van der Waals surface area contributed by atoms with Gasteiger partial charge in [-0.15, -0.1) is 0 Å². The van der Waals surface area contributed by atoms with E-state index in [0.29, 0.717) is 6.42 Å². The molecule has 9 heavy (non-hydrogen) atoms. The van der Waals surface area contributed by atoms with E-state index < -0.39 is 5.60 Å². The summed E-state index contributed by atoms with van der Waals surface area (Å²) in [5.74, 6) is 0. The van der Waals surface area contributed by atoms with Gasteiger partial charge in [0, 0.05) is 0 Å². The highest BCUT2D eigenvalue weighted by molar-refractivity contribution is 5.25. The van der Waals surface area contributed by atoms with Crippen molar-refractivity contribution in [2.45, 2.75) is 25.9 Å². The molecule has 0 spiro atoms. The van der Waals surface area contributed by atoms with Crippen molar-refractivity contribution >= 4 is 0 Å². The lowest BCUT2D eigenvalue weighted by Crippen LogP contribution is -2.23. The fourth-order valence-corrected chi connectivity index (χ4v) is 0.334. The first-order chi connectivity index (χ1) is 4.04. The van der Waals surface area contributed by atoms with Crippen LogP contribution in [0.1, 0.15) is 20.3 Å². The Morgan fingerprint density at radius 2 is 2.33 bits per heavy atom. The molecule has 0 aromatic carbocycles. The number of hydrogen-bond acceptors (Lipinski definition) is 2. The highest BCUT2D eigenvalue weighted by Crippen LogP contribution is 2.16. The van der Waals surface area contributed by atoms with Crippen LogP contribution in [0.25, 0.3) is 0 Å². The summed E-state index contributed by atoms with van der Waals surface area (Å²) in [7, 11) is 0. The topological polar surface area (TPSA) is 44.0 Å². The predicted molar refractivity (Wildman–Crippen MR) is 35.7 cm³/mol. The normalized spacial score (nSPS) is 15.8. The van der Waals surface area contributed by atoms with Gasteiger partial charge in [-0.3, -0.25) is 0 Å². The molecule has 50 valence electrons. The van der Waals surface area contributed by atoms with Crippen molar-refractivity contribution in [1.82, 2.24) is 0 Å². The smallest absolute Gasteiger partial charge is 0.0971 e. The van der Waals surface area contributed by atoms with Crippen LogP contribution in [0.3, 0.4) is 0 Å². The molecule has 0 saturated carbocycles. The van der Waals surface area contributed by atoms with Crippen LogP contribution < -0.4 is 0 Å². The van der Waals surface area contributed by atoms with Crippen molar-refractivity contribution in [3.05, 3.63) is 12.2 Å². The molecule has 0 saturated heterocycles. The van der Waals surface area contributed by atoms with Gasteiger partial charge in [0.05, 0.1) is 17.2 Å². The third-order valence-corrected chi connectivity index (χ3v) is 1.47. The first-order valence-electron chi connectivity index (χ1n) is 2.86. The SMILES string of the molecule is C=C(C#N)C(C)(O)CC. The van der Waals surface area contributed by atoms with Gasteiger partial charge in [-0.05, 0) is 13.3 Å². The minimum Gasteiger partial charge on any atom is -0.385 e. The Morgan fingerprint density at radius 1 is 1.89 bits per heavy atom. The van der Waals surface area contributed by atoms with E-state index in [9.17, 15) is 5.11 Å². The van der Waals surface area contributed by atoms with Gasteiger partial charge in [0.25, 0.3) is 0 Å². The summed E-state index contributed by atoms with van der Waals surface area (Å²) in [5, 5.41) is 17.6. The standard InChI is InChI=1S/C7H11NO/c1-4-7(3,9)6(2)5-8/h9H,2,4H2,1,3H3. The number of aliphatic hydroxyl groups is 1. The van der Waals surface area contributed by atoms with Crippen LogP contribution in [0.15, 0.2) is 12.2 Å². The molecule has 0 aromatic heterocycles. The minimum absolute atomic E-state index is 0.227. The molecule has 1 N–H and O–H groups in total. The summed E-state index contributed by atoms with van der Waals surface area (Å²) >= 11 is 0. The number of rotatable bonds is 2. The van der Waals surface area contributed by atoms with Crippen LogP contribution in [0.2, 0.25) is 0 Å². The number of hydrogen-bond donors (Lipinski definition) is 1. The number of nitriles is 1. The summed E-state index contributed by atoms with van der Waals surface area (Å²) in [6.45, 7) is 6.79. The van der Waals surface area contributed by atoms with Crippen LogP contribution in [-0.2, 0) is 0 Å². The van der Waals surface area contributed by atoms with E-state index in [0.717, 1.165) is 0 Å². The molecule has 0 heterocycles. The summed E-state index contributed by atoms with van der Waals surface area (Å²) in [6.07, 6.45) is 0.527. The van der Waals surface area contributed by atoms with E-state index in [1.807, 2.05) is 13.0 Å². The van der Waals surface area contributed by atoms with Gasteiger partial charge in [-0.2, -0.15) is 5.26 Å². The molecule has 0 aliphatic heterocycles. The molecule has 0 aliphatic rings. The van der Waals surface area contributed by atoms with Crippen molar-refractivity contribution in [3.63, 3.8) is 0 Å². The van der Waals surface area contributed by atoms with Gasteiger partial charge in [-0.1, -0.05) is 13.5 Å². The number of nitrogens with zero attached hydrogens (tertiary/aromatic N) is 1. The van der Waals surface area contributed by atoms with Gasteiger partial charge in [0.2, 0.25) is 0 Å². The molecule has 0 amide bonds. The Hall–Kier alpha value is -0.810. The van der Waals surface area contributed by atoms with Crippen LogP contribution in [-0.4, -0.2) is 10.7 Å². The van der Waals surface area contributed by atoms with E-state index in [4.69, 9.17) is 5.26 Å². The monoisotopic (exact) mass is 125 g/mol. The lowest BCUT2D eigenvalue weighted by molar-refractivity contribution is 0.0997. The summed E-state index contributed by atoms with van der Waals surface area (Å²) in [4.78, 5) is 0. The lowest BCUT2D eigenvalue weighted by atomic mass is 9.96. The van der Waals surface area contributed by atoms with Gasteiger partial charge < -0.3 is 5.11 Å². The third kappa shape index (κ3) is 1.87. The average Bonchev–Trinajstić information content (AvgIpc) is 1.86. The zero-order valence-corrected chi connectivity index (χ0v) is 5.81. The maximum absolute atomic E-state index is 9.27. The molecule has 0 fully saturated rings. The molecule has 1 unspecified atom stereocenters. The largest absolute Gasteiger partial charge is 0.385 e. The van der Waals surface area contributed by atoms with E-state index >= 15 is 0 Å². The molecule has 0 bridgehead atoms. The fourth-order valence-electron chi connectivity index (χ4n) is 0.334. The maximum atomic E-state index is 9.27. The molecular formula is C7H11NO. The summed E-state index contributed by atoms with van der Waals surface area (Å²) < 4.78 is 0. The molecule has 1 atom stereocenters. The van der Waals surface area contributed by atoms with Crippen molar-refractivity contribution in [2.75, 3.05) is 0 Å². The van der Waals surface area contributed by atoms with E-state index in [1.54, 1.807) is 6.92 Å². The van der Waals surface area contributed by atoms with Crippen LogP contribution in [0.5, 0.6) is 0 Å². The third-order valence-electron chi connectivity index (χ3n) is 1.47. The van der Waals surface area contributed by atoms with Gasteiger partial charge in [-0.25, -0.2) is 0 Å². The zero-order valence-electron chi connectivity index (χ0n) is 5.81. The van der Waals surface area contributed by atoms with Gasteiger partial charge >= 0.3 is 0 Å². The quantitative estimate of drug-likeness (QED) is 0.564. The molecule has 0 radical (unpaired) electrons. The molecule has 0 aliphatic carbocycles. The summed E-state index contributed by atoms with van der Waals surface area (Å²) in [5.41, 5.74) is -0.778. The second-order valence-corrected chi connectivity index (χ2v) is 2.22. The second kappa shape index (κ2) is 2.65. The Kier molecular flexibility index (Phi) is 2.41. The van der Waals surface area contributed by atoms with Crippen molar-refractivity contribution in [2.24, 2.45) is 0 Å². The van der Waals surface area contributed by atoms with E-state index in [-0.39, 0.29) is 5.57 Å². The van der Waals surface area contributed by atoms with Gasteiger partial charge in [0.15, 0.2) is 0 Å². The summed E-state index contributed by atoms with van der Waals surface area (Å²) in [6, 6.07) is 1.81. The van der Waals surface area contributed by atoms with Gasteiger partial charge in [0.1, 0.15) is 0 Å². The molecule has 0 aromatic rings. The van der Waals surface area contributed by atoms with Crippen LogP contribution >= 0.6 is 0 Å². The predicted octanol–water partition coefficient (Wildman–Crippen LogP) is 1.23. The first kappa shape index (κ1) is 8.19. The zero-order chi connectivity index (χ0) is 7.49. The Bertz CT molecular complexity index is 153.